The monoisotopic (exact) mass is 246 g/mol. The zero-order valence-corrected chi connectivity index (χ0v) is 12.9. The van der Waals surface area contributed by atoms with E-state index in [9.17, 15) is 0 Å². The van der Waals surface area contributed by atoms with E-state index in [4.69, 9.17) is 8.85 Å². The van der Waals surface area contributed by atoms with Gasteiger partial charge in [-0.15, -0.1) is 0 Å². The molecule has 1 aliphatic heterocycles. The van der Waals surface area contributed by atoms with Gasteiger partial charge in [0.05, 0.1) is 0 Å². The molecule has 0 bridgehead atoms. The minimum Gasteiger partial charge on any atom is -0.417 e. The lowest BCUT2D eigenvalue weighted by molar-refractivity contribution is 0.188. The van der Waals surface area contributed by atoms with Crippen LogP contribution in [0.15, 0.2) is 0 Å². The van der Waals surface area contributed by atoms with Crippen LogP contribution in [0.4, 0.5) is 0 Å². The standard InChI is InChI=1S/C11H26O2Si2/c1-6-7-9-12-15(5)10-8-11(2)13-14(15,3)4/h11H,6-10H2,1-5H3. The number of hydrogen-bond donors (Lipinski definition) is 0. The second-order valence-corrected chi connectivity index (χ2v) is 18.7. The van der Waals surface area contributed by atoms with E-state index >= 15 is 0 Å². The quantitative estimate of drug-likeness (QED) is 0.558. The summed E-state index contributed by atoms with van der Waals surface area (Å²) >= 11 is 0. The predicted molar refractivity (Wildman–Crippen MR) is 69.9 cm³/mol. The van der Waals surface area contributed by atoms with Gasteiger partial charge in [-0.2, -0.15) is 0 Å². The molecule has 1 aliphatic rings. The Morgan fingerprint density at radius 1 is 1.33 bits per heavy atom. The molecule has 0 saturated carbocycles. The summed E-state index contributed by atoms with van der Waals surface area (Å²) in [5.41, 5.74) is 0. The van der Waals surface area contributed by atoms with Crippen molar-refractivity contribution < 1.29 is 8.85 Å². The molecule has 90 valence electrons. The molecule has 0 spiro atoms. The van der Waals surface area contributed by atoms with E-state index in [0.717, 1.165) is 6.61 Å². The first-order valence-corrected chi connectivity index (χ1v) is 12.8. The van der Waals surface area contributed by atoms with Crippen molar-refractivity contribution >= 4 is 15.7 Å². The normalized spacial score (nSPS) is 35.4. The van der Waals surface area contributed by atoms with Crippen LogP contribution in [0.2, 0.25) is 25.7 Å². The lowest BCUT2D eigenvalue weighted by Gasteiger charge is -2.45. The maximum atomic E-state index is 6.25. The third-order valence-corrected chi connectivity index (χ3v) is 18.5. The maximum absolute atomic E-state index is 6.25. The summed E-state index contributed by atoms with van der Waals surface area (Å²) < 4.78 is 12.4. The Kier molecular flexibility index (Phi) is 4.58. The summed E-state index contributed by atoms with van der Waals surface area (Å²) in [4.78, 5) is 0. The second-order valence-electron chi connectivity index (χ2n) is 5.41. The van der Waals surface area contributed by atoms with Gasteiger partial charge in [0.2, 0.25) is 15.7 Å². The van der Waals surface area contributed by atoms with Gasteiger partial charge in [0.25, 0.3) is 0 Å². The van der Waals surface area contributed by atoms with Gasteiger partial charge in [-0.05, 0) is 45.5 Å². The zero-order chi connectivity index (χ0) is 11.5. The van der Waals surface area contributed by atoms with Crippen molar-refractivity contribution in [1.82, 2.24) is 0 Å². The molecular formula is C11H26O2Si2. The summed E-state index contributed by atoms with van der Waals surface area (Å²) in [5.74, 6) is 0. The van der Waals surface area contributed by atoms with Gasteiger partial charge in [-0.1, -0.05) is 13.3 Å². The fourth-order valence-corrected chi connectivity index (χ4v) is 11.1. The summed E-state index contributed by atoms with van der Waals surface area (Å²) in [6, 6.07) is 1.30. The highest BCUT2D eigenvalue weighted by Gasteiger charge is 2.52. The Balaban J connectivity index is 2.56. The number of hydrogen-bond acceptors (Lipinski definition) is 2. The topological polar surface area (TPSA) is 18.5 Å². The number of rotatable bonds is 4. The molecule has 0 aromatic heterocycles. The van der Waals surface area contributed by atoms with E-state index in [-0.39, 0.29) is 0 Å². The molecule has 1 saturated heterocycles. The van der Waals surface area contributed by atoms with Crippen LogP contribution >= 0.6 is 0 Å². The Bertz CT molecular complexity index is 209. The van der Waals surface area contributed by atoms with Crippen molar-refractivity contribution in [1.29, 1.82) is 0 Å². The largest absolute Gasteiger partial charge is 0.417 e. The molecule has 0 amide bonds. The van der Waals surface area contributed by atoms with Crippen molar-refractivity contribution in [3.63, 3.8) is 0 Å². The highest BCUT2D eigenvalue weighted by molar-refractivity contribution is 7.36. The van der Waals surface area contributed by atoms with Crippen molar-refractivity contribution in [2.24, 2.45) is 0 Å². The van der Waals surface area contributed by atoms with E-state index < -0.39 is 15.7 Å². The highest BCUT2D eigenvalue weighted by Crippen LogP contribution is 2.34. The summed E-state index contributed by atoms with van der Waals surface area (Å²) in [6.07, 6.45) is 4.08. The van der Waals surface area contributed by atoms with Gasteiger partial charge in [0, 0.05) is 12.7 Å². The van der Waals surface area contributed by atoms with Crippen LogP contribution in [0.5, 0.6) is 0 Å². The molecule has 0 N–H and O–H groups in total. The molecule has 2 atom stereocenters. The Labute approximate surface area is 96.4 Å². The molecule has 0 aliphatic carbocycles. The van der Waals surface area contributed by atoms with Crippen LogP contribution in [-0.4, -0.2) is 28.4 Å². The van der Waals surface area contributed by atoms with Crippen LogP contribution in [0, 0.1) is 0 Å². The maximum Gasteiger partial charge on any atom is 0.207 e. The fraction of sp³-hybridized carbons (Fsp3) is 1.00. The Morgan fingerprint density at radius 2 is 2.00 bits per heavy atom. The van der Waals surface area contributed by atoms with E-state index in [2.05, 4.69) is 33.5 Å². The van der Waals surface area contributed by atoms with E-state index in [1.165, 1.54) is 25.3 Å². The summed E-state index contributed by atoms with van der Waals surface area (Å²) in [6.45, 7) is 12.5. The Hall–Kier alpha value is 0.354. The van der Waals surface area contributed by atoms with Gasteiger partial charge >= 0.3 is 0 Å². The van der Waals surface area contributed by atoms with Crippen LogP contribution in [0.3, 0.4) is 0 Å². The van der Waals surface area contributed by atoms with Crippen molar-refractivity contribution in [3.05, 3.63) is 0 Å². The molecule has 1 rings (SSSR count). The van der Waals surface area contributed by atoms with Gasteiger partial charge < -0.3 is 8.85 Å². The third kappa shape index (κ3) is 3.15. The van der Waals surface area contributed by atoms with Crippen LogP contribution < -0.4 is 0 Å². The van der Waals surface area contributed by atoms with Crippen molar-refractivity contribution in [2.45, 2.75) is 64.9 Å². The van der Waals surface area contributed by atoms with E-state index in [1.807, 2.05) is 0 Å². The predicted octanol–water partition coefficient (Wildman–Crippen LogP) is 3.47. The molecular weight excluding hydrogens is 220 g/mol. The molecule has 0 aromatic rings. The third-order valence-electron chi connectivity index (χ3n) is 3.72. The lowest BCUT2D eigenvalue weighted by Crippen LogP contribution is -2.65. The molecule has 0 radical (unpaired) electrons. The lowest BCUT2D eigenvalue weighted by atomic mass is 10.3. The first kappa shape index (κ1) is 13.4. The molecule has 4 heteroatoms. The number of unbranched alkanes of at least 4 members (excludes halogenated alkanes) is 1. The minimum atomic E-state index is -1.54. The van der Waals surface area contributed by atoms with Crippen molar-refractivity contribution in [3.8, 4) is 0 Å². The molecule has 2 unspecified atom stereocenters. The van der Waals surface area contributed by atoms with Crippen LogP contribution in [0.1, 0.15) is 33.1 Å². The van der Waals surface area contributed by atoms with Crippen molar-refractivity contribution in [2.75, 3.05) is 6.61 Å². The zero-order valence-electron chi connectivity index (χ0n) is 10.9. The summed E-state index contributed by atoms with van der Waals surface area (Å²) in [5, 5.41) is 0. The highest BCUT2D eigenvalue weighted by atomic mass is 29.3. The van der Waals surface area contributed by atoms with Gasteiger partial charge in [-0.3, -0.25) is 0 Å². The van der Waals surface area contributed by atoms with Crippen LogP contribution in [-0.2, 0) is 8.85 Å². The second kappa shape index (κ2) is 5.12. The van der Waals surface area contributed by atoms with Crippen LogP contribution in [0.25, 0.3) is 0 Å². The van der Waals surface area contributed by atoms with E-state index in [0.29, 0.717) is 6.10 Å². The average Bonchev–Trinajstić information content (AvgIpc) is 2.12. The fourth-order valence-electron chi connectivity index (χ4n) is 2.15. The average molecular weight is 246 g/mol. The molecule has 2 nitrogen and oxygen atoms in total. The molecule has 0 aromatic carbocycles. The first-order chi connectivity index (χ1) is 6.91. The van der Waals surface area contributed by atoms with E-state index in [1.54, 1.807) is 0 Å². The van der Waals surface area contributed by atoms with Gasteiger partial charge in [0.15, 0.2) is 0 Å². The Morgan fingerprint density at radius 3 is 2.53 bits per heavy atom. The first-order valence-electron chi connectivity index (χ1n) is 6.23. The van der Waals surface area contributed by atoms with Gasteiger partial charge in [0.1, 0.15) is 0 Å². The molecule has 1 fully saturated rings. The summed E-state index contributed by atoms with van der Waals surface area (Å²) in [7, 11) is -3.07. The molecule has 15 heavy (non-hydrogen) atoms. The minimum absolute atomic E-state index is 0.460. The van der Waals surface area contributed by atoms with Gasteiger partial charge in [-0.25, -0.2) is 0 Å². The SMILES string of the molecule is CCCCO[Si]1(C)CCC(C)O[Si]1(C)C. The molecule has 1 heterocycles. The smallest absolute Gasteiger partial charge is 0.207 e.